The topological polar surface area (TPSA) is 63.3 Å². The first-order valence-electron chi connectivity index (χ1n) is 11.7. The molecule has 0 aromatic heterocycles. The second-order valence-electron chi connectivity index (χ2n) is 8.11. The van der Waals surface area contributed by atoms with Gasteiger partial charge in [-0.3, -0.25) is 4.79 Å². The van der Waals surface area contributed by atoms with Gasteiger partial charge in [0, 0.05) is 12.5 Å². The Hall–Kier alpha value is -0.830. The van der Waals surface area contributed by atoms with Gasteiger partial charge in [-0.15, -0.1) is 0 Å². The zero-order valence-corrected chi connectivity index (χ0v) is 18.3. The first kappa shape index (κ1) is 26.2. The number of amides is 1. The van der Waals surface area contributed by atoms with Crippen LogP contribution in [0.2, 0.25) is 0 Å². The van der Waals surface area contributed by atoms with Crippen LogP contribution in [0.15, 0.2) is 12.2 Å². The number of nitrogens with two attached hydrogens (primary N) is 1. The standard InChI is InChI=1S/C24H47NO2/c1-3-5-7-8-9-10-11-12-13-14-15-16-17-18-20-23(24(25)27)22(21-26)19-6-4-2/h8-9,22-23,26H,3-7,10-21H2,1-2H3,(H2,25,27)/b9-8-. The highest BCUT2D eigenvalue weighted by atomic mass is 16.3. The van der Waals surface area contributed by atoms with Gasteiger partial charge in [0.25, 0.3) is 0 Å². The van der Waals surface area contributed by atoms with Gasteiger partial charge in [-0.2, -0.15) is 0 Å². The lowest BCUT2D eigenvalue weighted by atomic mass is 9.84. The van der Waals surface area contributed by atoms with Crippen molar-refractivity contribution in [3.8, 4) is 0 Å². The fourth-order valence-corrected chi connectivity index (χ4v) is 3.74. The summed E-state index contributed by atoms with van der Waals surface area (Å²) in [7, 11) is 0. The molecule has 0 saturated carbocycles. The van der Waals surface area contributed by atoms with Crippen molar-refractivity contribution in [1.82, 2.24) is 0 Å². The predicted octanol–water partition coefficient (Wildman–Crippen LogP) is 6.53. The Labute approximate surface area is 169 Å². The van der Waals surface area contributed by atoms with E-state index in [1.807, 2.05) is 0 Å². The molecule has 0 radical (unpaired) electrons. The maximum atomic E-state index is 11.7. The minimum absolute atomic E-state index is 0.0541. The van der Waals surface area contributed by atoms with Crippen LogP contribution in [0, 0.1) is 11.8 Å². The largest absolute Gasteiger partial charge is 0.396 e. The number of unbranched alkanes of at least 4 members (excludes halogenated alkanes) is 11. The molecule has 0 heterocycles. The fourth-order valence-electron chi connectivity index (χ4n) is 3.74. The van der Waals surface area contributed by atoms with E-state index < -0.39 is 0 Å². The zero-order valence-electron chi connectivity index (χ0n) is 18.3. The molecule has 3 nitrogen and oxygen atoms in total. The molecule has 3 N–H and O–H groups in total. The Morgan fingerprint density at radius 2 is 1.30 bits per heavy atom. The minimum Gasteiger partial charge on any atom is -0.396 e. The van der Waals surface area contributed by atoms with Crippen molar-refractivity contribution in [2.45, 2.75) is 117 Å². The molecule has 2 atom stereocenters. The molecule has 0 aliphatic rings. The molecule has 0 aliphatic heterocycles. The Bertz CT molecular complexity index is 354. The van der Waals surface area contributed by atoms with Gasteiger partial charge in [0.2, 0.25) is 5.91 Å². The van der Waals surface area contributed by atoms with Crippen LogP contribution in [0.1, 0.15) is 117 Å². The van der Waals surface area contributed by atoms with Gasteiger partial charge in [0.05, 0.1) is 0 Å². The van der Waals surface area contributed by atoms with Crippen LogP contribution in [0.25, 0.3) is 0 Å². The third-order valence-electron chi connectivity index (χ3n) is 5.62. The Morgan fingerprint density at radius 1 is 0.778 bits per heavy atom. The van der Waals surface area contributed by atoms with E-state index in [0.29, 0.717) is 0 Å². The van der Waals surface area contributed by atoms with Crippen molar-refractivity contribution in [2.75, 3.05) is 6.61 Å². The van der Waals surface area contributed by atoms with Gasteiger partial charge in [0.15, 0.2) is 0 Å². The number of hydrogen-bond donors (Lipinski definition) is 2. The summed E-state index contributed by atoms with van der Waals surface area (Å²) in [5.74, 6) is -0.320. The highest BCUT2D eigenvalue weighted by Gasteiger charge is 2.24. The van der Waals surface area contributed by atoms with Gasteiger partial charge in [-0.25, -0.2) is 0 Å². The summed E-state index contributed by atoms with van der Waals surface area (Å²) in [6.07, 6.45) is 23.8. The highest BCUT2D eigenvalue weighted by molar-refractivity contribution is 5.76. The fraction of sp³-hybridized carbons (Fsp3) is 0.875. The molecule has 0 spiro atoms. The maximum absolute atomic E-state index is 11.7. The van der Waals surface area contributed by atoms with E-state index in [4.69, 9.17) is 5.73 Å². The Kier molecular flexibility index (Phi) is 19.3. The summed E-state index contributed by atoms with van der Waals surface area (Å²) < 4.78 is 0. The summed E-state index contributed by atoms with van der Waals surface area (Å²) in [6.45, 7) is 4.46. The number of carbonyl (C=O) groups excluding carboxylic acids is 1. The van der Waals surface area contributed by atoms with Crippen LogP contribution in [-0.4, -0.2) is 17.6 Å². The van der Waals surface area contributed by atoms with E-state index >= 15 is 0 Å². The van der Waals surface area contributed by atoms with Gasteiger partial charge in [-0.1, -0.05) is 96.6 Å². The Morgan fingerprint density at radius 3 is 1.81 bits per heavy atom. The molecule has 0 aromatic rings. The summed E-state index contributed by atoms with van der Waals surface area (Å²) in [4.78, 5) is 11.7. The molecule has 27 heavy (non-hydrogen) atoms. The van der Waals surface area contributed by atoms with Crippen LogP contribution in [-0.2, 0) is 4.79 Å². The van der Waals surface area contributed by atoms with Gasteiger partial charge >= 0.3 is 0 Å². The van der Waals surface area contributed by atoms with Crippen molar-refractivity contribution in [1.29, 1.82) is 0 Å². The van der Waals surface area contributed by atoms with Crippen LogP contribution >= 0.6 is 0 Å². The lowest BCUT2D eigenvalue weighted by Crippen LogP contribution is -2.32. The number of hydrogen-bond acceptors (Lipinski definition) is 2. The van der Waals surface area contributed by atoms with Gasteiger partial charge in [-0.05, 0) is 38.0 Å². The molecular weight excluding hydrogens is 334 g/mol. The van der Waals surface area contributed by atoms with E-state index in [1.165, 1.54) is 70.6 Å². The number of aliphatic hydroxyl groups is 1. The van der Waals surface area contributed by atoms with Crippen LogP contribution in [0.5, 0.6) is 0 Å². The van der Waals surface area contributed by atoms with E-state index in [2.05, 4.69) is 26.0 Å². The average molecular weight is 382 g/mol. The number of aliphatic hydroxyl groups excluding tert-OH is 1. The zero-order chi connectivity index (χ0) is 20.2. The summed E-state index contributed by atoms with van der Waals surface area (Å²) in [5.41, 5.74) is 5.58. The Balaban J connectivity index is 3.62. The lowest BCUT2D eigenvalue weighted by molar-refractivity contribution is -0.124. The summed E-state index contributed by atoms with van der Waals surface area (Å²) in [5, 5.41) is 9.58. The van der Waals surface area contributed by atoms with E-state index in [0.717, 1.165) is 32.1 Å². The predicted molar refractivity (Wildman–Crippen MR) is 118 cm³/mol. The molecule has 0 fully saturated rings. The van der Waals surface area contributed by atoms with E-state index in [9.17, 15) is 9.90 Å². The van der Waals surface area contributed by atoms with E-state index in [1.54, 1.807) is 0 Å². The number of rotatable bonds is 20. The van der Waals surface area contributed by atoms with Gasteiger partial charge in [0.1, 0.15) is 0 Å². The normalized spacial score (nSPS) is 13.9. The van der Waals surface area contributed by atoms with Crippen LogP contribution in [0.4, 0.5) is 0 Å². The third kappa shape index (κ3) is 15.9. The van der Waals surface area contributed by atoms with E-state index in [-0.39, 0.29) is 24.3 Å². The molecule has 0 aliphatic carbocycles. The second kappa shape index (κ2) is 19.9. The molecule has 0 bridgehead atoms. The number of allylic oxidation sites excluding steroid dienone is 2. The van der Waals surface area contributed by atoms with Crippen molar-refractivity contribution in [3.63, 3.8) is 0 Å². The molecule has 0 aromatic carbocycles. The number of primary amides is 1. The minimum atomic E-state index is -0.228. The second-order valence-corrected chi connectivity index (χ2v) is 8.11. The average Bonchev–Trinajstić information content (AvgIpc) is 2.66. The van der Waals surface area contributed by atoms with Crippen molar-refractivity contribution >= 4 is 5.91 Å². The molecule has 160 valence electrons. The highest BCUT2D eigenvalue weighted by Crippen LogP contribution is 2.24. The molecule has 0 rings (SSSR count). The molecule has 3 heteroatoms. The van der Waals surface area contributed by atoms with Gasteiger partial charge < -0.3 is 10.8 Å². The lowest BCUT2D eigenvalue weighted by Gasteiger charge is -2.22. The summed E-state index contributed by atoms with van der Waals surface area (Å²) >= 11 is 0. The van der Waals surface area contributed by atoms with Crippen molar-refractivity contribution < 1.29 is 9.90 Å². The molecule has 1 amide bonds. The van der Waals surface area contributed by atoms with Crippen LogP contribution < -0.4 is 5.73 Å². The third-order valence-corrected chi connectivity index (χ3v) is 5.62. The maximum Gasteiger partial charge on any atom is 0.220 e. The molecular formula is C24H47NO2. The van der Waals surface area contributed by atoms with Crippen molar-refractivity contribution in [2.24, 2.45) is 17.6 Å². The van der Waals surface area contributed by atoms with Crippen LogP contribution in [0.3, 0.4) is 0 Å². The first-order chi connectivity index (χ1) is 13.2. The quantitative estimate of drug-likeness (QED) is 0.186. The smallest absolute Gasteiger partial charge is 0.220 e. The summed E-state index contributed by atoms with van der Waals surface area (Å²) in [6, 6.07) is 0. The molecule has 0 saturated heterocycles. The van der Waals surface area contributed by atoms with Crippen molar-refractivity contribution in [3.05, 3.63) is 12.2 Å². The first-order valence-corrected chi connectivity index (χ1v) is 11.7. The monoisotopic (exact) mass is 381 g/mol. The molecule has 2 unspecified atom stereocenters. The SMILES string of the molecule is CCCC/C=C\CCCCCCCCCCC(C(N)=O)C(CO)CCCC. The number of carbonyl (C=O) groups is 1.